The van der Waals surface area contributed by atoms with Gasteiger partial charge in [0.15, 0.2) is 0 Å². The molecule has 3 nitrogen and oxygen atoms in total. The maximum Gasteiger partial charge on any atom is 0.0643 e. The average molecular weight is 192 g/mol. The second-order valence-electron chi connectivity index (χ2n) is 3.82. The fourth-order valence-electron chi connectivity index (χ4n) is 1.38. The molecular formula is C11H16N2O. The fourth-order valence-corrected chi connectivity index (χ4v) is 1.38. The molecule has 1 saturated heterocycles. The van der Waals surface area contributed by atoms with Gasteiger partial charge in [-0.25, -0.2) is 0 Å². The van der Waals surface area contributed by atoms with Gasteiger partial charge >= 0.3 is 0 Å². The third-order valence-electron chi connectivity index (χ3n) is 2.62. The van der Waals surface area contributed by atoms with E-state index in [9.17, 15) is 0 Å². The number of ether oxygens (including phenoxy) is 1. The number of pyridine rings is 1. The van der Waals surface area contributed by atoms with Gasteiger partial charge in [-0.3, -0.25) is 4.98 Å². The molecule has 1 aliphatic heterocycles. The van der Waals surface area contributed by atoms with Crippen molar-refractivity contribution in [2.45, 2.75) is 26.4 Å². The number of aryl methyl sites for hydroxylation is 2. The van der Waals surface area contributed by atoms with E-state index < -0.39 is 0 Å². The van der Waals surface area contributed by atoms with Crippen LogP contribution in [0.3, 0.4) is 0 Å². The molecule has 0 atom stereocenters. The Labute approximate surface area is 84.5 Å². The molecule has 2 heterocycles. The van der Waals surface area contributed by atoms with Gasteiger partial charge in [-0.2, -0.15) is 0 Å². The minimum absolute atomic E-state index is 0.526. The van der Waals surface area contributed by atoms with E-state index in [1.54, 1.807) is 0 Å². The van der Waals surface area contributed by atoms with Crippen molar-refractivity contribution in [2.24, 2.45) is 0 Å². The highest BCUT2D eigenvalue weighted by atomic mass is 16.5. The third kappa shape index (κ3) is 2.11. The first-order chi connectivity index (χ1) is 6.75. The van der Waals surface area contributed by atoms with E-state index in [0.29, 0.717) is 6.04 Å². The Kier molecular flexibility index (Phi) is 2.79. The monoisotopic (exact) mass is 192 g/mol. The number of nitrogens with zero attached hydrogens (tertiary/aromatic N) is 1. The van der Waals surface area contributed by atoms with Crippen LogP contribution >= 0.6 is 0 Å². The van der Waals surface area contributed by atoms with Crippen molar-refractivity contribution < 1.29 is 4.74 Å². The summed E-state index contributed by atoms with van der Waals surface area (Å²) >= 11 is 0. The predicted molar refractivity (Wildman–Crippen MR) is 55.2 cm³/mol. The number of hydrogen-bond donors (Lipinski definition) is 1. The van der Waals surface area contributed by atoms with Crippen molar-refractivity contribution in [1.82, 2.24) is 10.3 Å². The Morgan fingerprint density at radius 2 is 2.21 bits per heavy atom. The lowest BCUT2D eigenvalue weighted by Gasteiger charge is -2.26. The highest BCUT2D eigenvalue weighted by Crippen LogP contribution is 2.06. The fraction of sp³-hybridized carbons (Fsp3) is 0.545. The molecule has 2 rings (SSSR count). The van der Waals surface area contributed by atoms with Crippen molar-refractivity contribution in [3.05, 3.63) is 29.1 Å². The molecule has 0 unspecified atom stereocenters. The Balaban J connectivity index is 1.91. The third-order valence-corrected chi connectivity index (χ3v) is 2.62. The number of aromatic nitrogens is 1. The van der Waals surface area contributed by atoms with Gasteiger partial charge in [-0.15, -0.1) is 0 Å². The molecule has 0 bridgehead atoms. The van der Waals surface area contributed by atoms with Crippen LogP contribution in [0.15, 0.2) is 12.1 Å². The van der Waals surface area contributed by atoms with Crippen LogP contribution in [0.2, 0.25) is 0 Å². The van der Waals surface area contributed by atoms with E-state index in [1.807, 2.05) is 6.92 Å². The summed E-state index contributed by atoms with van der Waals surface area (Å²) in [4.78, 5) is 4.50. The zero-order valence-electron chi connectivity index (χ0n) is 8.71. The van der Waals surface area contributed by atoms with Crippen molar-refractivity contribution >= 4 is 0 Å². The van der Waals surface area contributed by atoms with E-state index in [4.69, 9.17) is 4.74 Å². The van der Waals surface area contributed by atoms with Gasteiger partial charge in [0.1, 0.15) is 0 Å². The molecule has 0 aromatic carbocycles. The maximum atomic E-state index is 5.08. The van der Waals surface area contributed by atoms with E-state index in [1.165, 1.54) is 5.56 Å². The van der Waals surface area contributed by atoms with E-state index in [-0.39, 0.29) is 0 Å². The lowest BCUT2D eigenvalue weighted by molar-refractivity contribution is -0.00591. The minimum atomic E-state index is 0.526. The normalized spacial score (nSPS) is 16.7. The summed E-state index contributed by atoms with van der Waals surface area (Å²) < 4.78 is 5.08. The summed E-state index contributed by atoms with van der Waals surface area (Å²) in [5.41, 5.74) is 3.48. The van der Waals surface area contributed by atoms with Crippen LogP contribution < -0.4 is 5.32 Å². The highest BCUT2D eigenvalue weighted by Gasteiger charge is 2.17. The summed E-state index contributed by atoms with van der Waals surface area (Å²) in [7, 11) is 0. The largest absolute Gasteiger partial charge is 0.378 e. The first kappa shape index (κ1) is 9.62. The van der Waals surface area contributed by atoms with Crippen LogP contribution in [0.25, 0.3) is 0 Å². The van der Waals surface area contributed by atoms with Crippen LogP contribution in [0.4, 0.5) is 0 Å². The smallest absolute Gasteiger partial charge is 0.0643 e. The molecule has 1 fully saturated rings. The highest BCUT2D eigenvalue weighted by molar-refractivity contribution is 5.20. The molecule has 1 N–H and O–H groups in total. The van der Waals surface area contributed by atoms with E-state index in [0.717, 1.165) is 31.1 Å². The zero-order chi connectivity index (χ0) is 9.97. The van der Waals surface area contributed by atoms with Gasteiger partial charge in [0, 0.05) is 12.2 Å². The molecule has 0 aliphatic carbocycles. The number of hydrogen-bond acceptors (Lipinski definition) is 3. The lowest BCUT2D eigenvalue weighted by Crippen LogP contribution is -2.45. The predicted octanol–water partition coefficient (Wildman–Crippen LogP) is 1.19. The van der Waals surface area contributed by atoms with Gasteiger partial charge in [-0.1, -0.05) is 6.07 Å². The Morgan fingerprint density at radius 3 is 2.79 bits per heavy atom. The quantitative estimate of drug-likeness (QED) is 0.781. The molecule has 1 aromatic rings. The van der Waals surface area contributed by atoms with Crippen molar-refractivity contribution in [3.63, 3.8) is 0 Å². The molecule has 0 amide bonds. The summed E-state index contributed by atoms with van der Waals surface area (Å²) in [5, 5.41) is 3.39. The number of nitrogens with one attached hydrogen (secondary N) is 1. The molecule has 1 aromatic heterocycles. The Hall–Kier alpha value is -0.930. The average Bonchev–Trinajstić information content (AvgIpc) is 2.08. The molecule has 76 valence electrons. The van der Waals surface area contributed by atoms with E-state index in [2.05, 4.69) is 29.4 Å². The molecule has 1 aliphatic rings. The van der Waals surface area contributed by atoms with Crippen LogP contribution in [0.5, 0.6) is 0 Å². The Morgan fingerprint density at radius 1 is 1.43 bits per heavy atom. The maximum absolute atomic E-state index is 5.08. The Bertz CT molecular complexity index is 321. The first-order valence-corrected chi connectivity index (χ1v) is 5.00. The first-order valence-electron chi connectivity index (χ1n) is 5.00. The molecular weight excluding hydrogens is 176 g/mol. The SMILES string of the molecule is Cc1ccc(CNC2COC2)nc1C. The standard InChI is InChI=1S/C11H16N2O/c1-8-3-4-10(13-9(8)2)5-12-11-6-14-7-11/h3-4,11-12H,5-7H2,1-2H3. The van der Waals surface area contributed by atoms with Gasteiger partial charge < -0.3 is 10.1 Å². The minimum Gasteiger partial charge on any atom is -0.378 e. The summed E-state index contributed by atoms with van der Waals surface area (Å²) in [6.45, 7) is 6.65. The second kappa shape index (κ2) is 4.07. The van der Waals surface area contributed by atoms with Crippen LogP contribution in [0.1, 0.15) is 17.0 Å². The van der Waals surface area contributed by atoms with Crippen LogP contribution in [-0.2, 0) is 11.3 Å². The van der Waals surface area contributed by atoms with E-state index >= 15 is 0 Å². The second-order valence-corrected chi connectivity index (χ2v) is 3.82. The number of rotatable bonds is 3. The summed E-state index contributed by atoms with van der Waals surface area (Å²) in [5.74, 6) is 0. The molecule has 0 spiro atoms. The van der Waals surface area contributed by atoms with Crippen LogP contribution in [0, 0.1) is 13.8 Å². The topological polar surface area (TPSA) is 34.1 Å². The van der Waals surface area contributed by atoms with Gasteiger partial charge in [0.2, 0.25) is 0 Å². The summed E-state index contributed by atoms with van der Waals surface area (Å²) in [6.07, 6.45) is 0. The van der Waals surface area contributed by atoms with Gasteiger partial charge in [0.25, 0.3) is 0 Å². The van der Waals surface area contributed by atoms with Crippen molar-refractivity contribution in [2.75, 3.05) is 13.2 Å². The van der Waals surface area contributed by atoms with Gasteiger partial charge in [0.05, 0.1) is 24.9 Å². The van der Waals surface area contributed by atoms with Crippen molar-refractivity contribution in [3.8, 4) is 0 Å². The zero-order valence-corrected chi connectivity index (χ0v) is 8.71. The molecule has 3 heteroatoms. The molecule has 0 radical (unpaired) electrons. The van der Waals surface area contributed by atoms with Gasteiger partial charge in [-0.05, 0) is 25.5 Å². The summed E-state index contributed by atoms with van der Waals surface area (Å²) in [6, 6.07) is 4.73. The molecule has 0 saturated carbocycles. The molecule has 14 heavy (non-hydrogen) atoms. The van der Waals surface area contributed by atoms with Crippen molar-refractivity contribution in [1.29, 1.82) is 0 Å². The lowest BCUT2D eigenvalue weighted by atomic mass is 10.2. The van der Waals surface area contributed by atoms with Crippen LogP contribution in [-0.4, -0.2) is 24.2 Å².